The number of nitrogens with zero attached hydrogens (tertiary/aromatic N) is 1. The summed E-state index contributed by atoms with van der Waals surface area (Å²) in [6.07, 6.45) is 0. The van der Waals surface area contributed by atoms with Gasteiger partial charge in [0.2, 0.25) is 0 Å². The molecule has 1 amide bonds. The van der Waals surface area contributed by atoms with Gasteiger partial charge in [-0.2, -0.15) is 14.0 Å². The number of hydrogen-bond donors (Lipinski definition) is 1. The Morgan fingerprint density at radius 2 is 2.08 bits per heavy atom. The summed E-state index contributed by atoms with van der Waals surface area (Å²) in [5, 5.41) is 11.5. The molecule has 0 aliphatic carbocycles. The Morgan fingerprint density at radius 3 is 2.75 bits per heavy atom. The van der Waals surface area contributed by atoms with E-state index in [2.05, 4.69) is 5.32 Å². The number of carbonyl (C=O) groups excluding carboxylic acids is 1. The van der Waals surface area contributed by atoms with Crippen LogP contribution in [-0.4, -0.2) is 18.3 Å². The lowest BCUT2D eigenvalue weighted by atomic mass is 10.2. The highest BCUT2D eigenvalue weighted by atomic mass is 35.5. The van der Waals surface area contributed by atoms with Crippen molar-refractivity contribution in [1.29, 1.82) is 5.26 Å². The zero-order valence-electron chi connectivity index (χ0n) is 12.1. The summed E-state index contributed by atoms with van der Waals surface area (Å²) in [4.78, 5) is 12.2. The molecule has 0 heterocycles. The van der Waals surface area contributed by atoms with Crippen molar-refractivity contribution in [3.63, 3.8) is 0 Å². The van der Waals surface area contributed by atoms with E-state index in [0.29, 0.717) is 17.3 Å². The molecule has 0 radical (unpaired) electrons. The molecule has 2 rings (SSSR count). The van der Waals surface area contributed by atoms with Crippen molar-refractivity contribution < 1.29 is 18.3 Å². The van der Waals surface area contributed by atoms with E-state index >= 15 is 0 Å². The average molecular weight is 369 g/mol. The molecule has 2 aromatic rings. The molecule has 0 aliphatic heterocycles. The van der Waals surface area contributed by atoms with Crippen LogP contribution in [0.2, 0.25) is 5.02 Å². The fraction of sp³-hybridized carbons (Fsp3) is 0.125. The van der Waals surface area contributed by atoms with Gasteiger partial charge in [-0.3, -0.25) is 4.79 Å². The van der Waals surface area contributed by atoms with Gasteiger partial charge in [-0.15, -0.1) is 0 Å². The largest absolute Gasteiger partial charge is 0.482 e. The fourth-order valence-electron chi connectivity index (χ4n) is 1.79. The van der Waals surface area contributed by atoms with E-state index < -0.39 is 11.7 Å². The summed E-state index contributed by atoms with van der Waals surface area (Å²) < 4.78 is 30.3. The Bertz CT molecular complexity index is 781. The van der Waals surface area contributed by atoms with Gasteiger partial charge in [0.25, 0.3) is 11.7 Å². The SMILES string of the molecule is N#Cc1ccc(OCC(=O)Nc2ccccc2SC(F)F)c(Cl)c1. The highest BCUT2D eigenvalue weighted by Gasteiger charge is 2.12. The second-order valence-electron chi connectivity index (χ2n) is 4.47. The van der Waals surface area contributed by atoms with Crippen molar-refractivity contribution in [2.75, 3.05) is 11.9 Å². The van der Waals surface area contributed by atoms with Gasteiger partial charge in [0, 0.05) is 4.90 Å². The van der Waals surface area contributed by atoms with Crippen LogP contribution in [0.3, 0.4) is 0 Å². The van der Waals surface area contributed by atoms with Gasteiger partial charge in [-0.1, -0.05) is 35.5 Å². The van der Waals surface area contributed by atoms with E-state index in [4.69, 9.17) is 21.6 Å². The average Bonchev–Trinajstić information content (AvgIpc) is 2.55. The van der Waals surface area contributed by atoms with Gasteiger partial charge in [-0.25, -0.2) is 0 Å². The number of alkyl halides is 2. The van der Waals surface area contributed by atoms with Crippen molar-refractivity contribution in [2.45, 2.75) is 10.7 Å². The predicted octanol–water partition coefficient (Wildman–Crippen LogP) is 4.54. The molecule has 0 saturated heterocycles. The molecular weight excluding hydrogens is 358 g/mol. The van der Waals surface area contributed by atoms with Crippen LogP contribution in [0.15, 0.2) is 47.4 Å². The van der Waals surface area contributed by atoms with Crippen LogP contribution < -0.4 is 10.1 Å². The van der Waals surface area contributed by atoms with Crippen molar-refractivity contribution >= 4 is 35.0 Å². The molecule has 0 fully saturated rings. The van der Waals surface area contributed by atoms with Crippen LogP contribution in [-0.2, 0) is 4.79 Å². The number of anilines is 1. The molecule has 0 spiro atoms. The molecule has 0 saturated carbocycles. The Hall–Kier alpha value is -2.30. The van der Waals surface area contributed by atoms with E-state index in [1.807, 2.05) is 6.07 Å². The van der Waals surface area contributed by atoms with Crippen molar-refractivity contribution in [3.05, 3.63) is 53.1 Å². The molecule has 0 aliphatic rings. The third-order valence-corrected chi connectivity index (χ3v) is 3.88. The number of rotatable bonds is 6. The number of amides is 1. The molecule has 8 heteroatoms. The van der Waals surface area contributed by atoms with Gasteiger partial charge in [0.15, 0.2) is 6.61 Å². The van der Waals surface area contributed by atoms with E-state index in [1.54, 1.807) is 12.1 Å². The van der Waals surface area contributed by atoms with E-state index in [1.165, 1.54) is 30.3 Å². The number of nitriles is 1. The van der Waals surface area contributed by atoms with Crippen molar-refractivity contribution in [2.24, 2.45) is 0 Å². The lowest BCUT2D eigenvalue weighted by molar-refractivity contribution is -0.118. The molecule has 2 aromatic carbocycles. The normalized spacial score (nSPS) is 10.3. The minimum absolute atomic E-state index is 0.204. The second kappa shape index (κ2) is 8.52. The third-order valence-electron chi connectivity index (χ3n) is 2.80. The summed E-state index contributed by atoms with van der Waals surface area (Å²) in [5.41, 5.74) is 0.650. The summed E-state index contributed by atoms with van der Waals surface area (Å²) >= 11 is 6.29. The lowest BCUT2D eigenvalue weighted by Gasteiger charge is -2.11. The molecule has 1 N–H and O–H groups in total. The van der Waals surface area contributed by atoms with Crippen LogP contribution in [0.25, 0.3) is 0 Å². The van der Waals surface area contributed by atoms with Gasteiger partial charge < -0.3 is 10.1 Å². The Kier molecular flexibility index (Phi) is 6.41. The zero-order chi connectivity index (χ0) is 17.5. The molecule has 24 heavy (non-hydrogen) atoms. The van der Waals surface area contributed by atoms with Gasteiger partial charge in [0.05, 0.1) is 22.3 Å². The number of halogens is 3. The van der Waals surface area contributed by atoms with Gasteiger partial charge >= 0.3 is 0 Å². The molecule has 0 aromatic heterocycles. The number of benzene rings is 2. The highest BCUT2D eigenvalue weighted by Crippen LogP contribution is 2.31. The number of hydrogen-bond acceptors (Lipinski definition) is 4. The number of nitrogens with one attached hydrogen (secondary N) is 1. The van der Waals surface area contributed by atoms with E-state index in [9.17, 15) is 13.6 Å². The van der Waals surface area contributed by atoms with E-state index in [0.717, 1.165) is 0 Å². The first-order valence-corrected chi connectivity index (χ1v) is 7.91. The molecule has 0 unspecified atom stereocenters. The standard InChI is InChI=1S/C16H11ClF2N2O2S/c17-11-7-10(8-20)5-6-13(11)23-9-15(22)21-12-3-1-2-4-14(12)24-16(18)19/h1-7,16H,9H2,(H,21,22). The molecule has 0 atom stereocenters. The first kappa shape index (κ1) is 18.0. The summed E-state index contributed by atoms with van der Waals surface area (Å²) in [6, 6.07) is 12.6. The Morgan fingerprint density at radius 1 is 1.33 bits per heavy atom. The molecule has 124 valence electrons. The van der Waals surface area contributed by atoms with Crippen molar-refractivity contribution in [1.82, 2.24) is 0 Å². The topological polar surface area (TPSA) is 62.1 Å². The smallest absolute Gasteiger partial charge is 0.288 e. The second-order valence-corrected chi connectivity index (χ2v) is 5.91. The molecule has 0 bridgehead atoms. The maximum absolute atomic E-state index is 12.5. The Balaban J connectivity index is 1.98. The van der Waals surface area contributed by atoms with Gasteiger partial charge in [-0.05, 0) is 30.3 Å². The maximum atomic E-state index is 12.5. The molecular formula is C16H11ClF2N2O2S. The van der Waals surface area contributed by atoms with E-state index in [-0.39, 0.29) is 28.0 Å². The number of thioether (sulfide) groups is 1. The number of ether oxygens (including phenoxy) is 1. The minimum Gasteiger partial charge on any atom is -0.482 e. The Labute approximate surface area is 146 Å². The lowest BCUT2D eigenvalue weighted by Crippen LogP contribution is -2.20. The number of para-hydroxylation sites is 1. The zero-order valence-corrected chi connectivity index (χ0v) is 13.7. The third kappa shape index (κ3) is 5.11. The first-order valence-electron chi connectivity index (χ1n) is 6.65. The summed E-state index contributed by atoms with van der Waals surface area (Å²) in [7, 11) is 0. The molecule has 4 nitrogen and oxygen atoms in total. The van der Waals surface area contributed by atoms with Crippen LogP contribution in [0.4, 0.5) is 14.5 Å². The van der Waals surface area contributed by atoms with Crippen LogP contribution in [0.1, 0.15) is 5.56 Å². The maximum Gasteiger partial charge on any atom is 0.288 e. The van der Waals surface area contributed by atoms with Crippen LogP contribution in [0, 0.1) is 11.3 Å². The van der Waals surface area contributed by atoms with Gasteiger partial charge in [0.1, 0.15) is 5.75 Å². The number of carbonyl (C=O) groups is 1. The van der Waals surface area contributed by atoms with Crippen molar-refractivity contribution in [3.8, 4) is 11.8 Å². The summed E-state index contributed by atoms with van der Waals surface area (Å²) in [6.45, 7) is -0.348. The highest BCUT2D eigenvalue weighted by molar-refractivity contribution is 7.99. The predicted molar refractivity (Wildman–Crippen MR) is 88.6 cm³/mol. The fourth-order valence-corrected chi connectivity index (χ4v) is 2.62. The van der Waals surface area contributed by atoms with Crippen LogP contribution >= 0.6 is 23.4 Å². The minimum atomic E-state index is -2.59. The quantitative estimate of drug-likeness (QED) is 0.760. The monoisotopic (exact) mass is 368 g/mol. The first-order chi connectivity index (χ1) is 11.5. The van der Waals surface area contributed by atoms with Crippen LogP contribution in [0.5, 0.6) is 5.75 Å². The summed E-state index contributed by atoms with van der Waals surface area (Å²) in [5.74, 6) is -2.85.